The van der Waals surface area contributed by atoms with Gasteiger partial charge in [0, 0.05) is 19.0 Å². The Morgan fingerprint density at radius 3 is 3.00 bits per heavy atom. The van der Waals surface area contributed by atoms with Crippen LogP contribution >= 0.6 is 0 Å². The van der Waals surface area contributed by atoms with Crippen molar-refractivity contribution in [2.75, 3.05) is 18.0 Å². The number of cyclic esters (lactones) is 1. The number of rotatable bonds is 4. The third kappa shape index (κ3) is 2.40. The van der Waals surface area contributed by atoms with Gasteiger partial charge < -0.3 is 10.1 Å². The highest BCUT2D eigenvalue weighted by molar-refractivity contribution is 5.88. The van der Waals surface area contributed by atoms with E-state index in [1.54, 1.807) is 24.0 Å². The maximum Gasteiger partial charge on any atom is 0.416 e. The van der Waals surface area contributed by atoms with Gasteiger partial charge in [-0.1, -0.05) is 0 Å². The predicted octanol–water partition coefficient (Wildman–Crippen LogP) is 0.272. The van der Waals surface area contributed by atoms with Crippen molar-refractivity contribution in [1.82, 2.24) is 15.1 Å². The van der Waals surface area contributed by atoms with Gasteiger partial charge in [0.2, 0.25) is 5.91 Å². The van der Waals surface area contributed by atoms with Gasteiger partial charge in [0.05, 0.1) is 19.3 Å². The molecule has 19 heavy (non-hydrogen) atoms. The van der Waals surface area contributed by atoms with E-state index in [1.165, 1.54) is 4.90 Å². The molecule has 2 heterocycles. The van der Waals surface area contributed by atoms with E-state index in [2.05, 4.69) is 10.4 Å². The van der Waals surface area contributed by atoms with Crippen LogP contribution in [-0.2, 0) is 16.6 Å². The number of carbonyl (C=O) groups excluding carboxylic acids is 2. The first-order valence-corrected chi connectivity index (χ1v) is 6.39. The summed E-state index contributed by atoms with van der Waals surface area (Å²) in [6.07, 6.45) is 2.87. The standard InChI is InChI=1S/C12H16N4O3/c1-15-10(4-5-14-15)16-7-9(19-12(16)18)6-13-11(17)8-2-3-8/h4-5,8-9H,2-3,6-7H2,1H3,(H,13,17). The number of aromatic nitrogens is 2. The van der Waals surface area contributed by atoms with E-state index in [0.29, 0.717) is 18.9 Å². The fourth-order valence-electron chi connectivity index (χ4n) is 2.15. The van der Waals surface area contributed by atoms with Crippen LogP contribution in [0.15, 0.2) is 12.3 Å². The molecule has 0 bridgehead atoms. The Hall–Kier alpha value is -2.05. The summed E-state index contributed by atoms with van der Waals surface area (Å²) in [6.45, 7) is 0.804. The lowest BCUT2D eigenvalue weighted by atomic mass is 10.3. The average molecular weight is 264 g/mol. The summed E-state index contributed by atoms with van der Waals surface area (Å²) >= 11 is 0. The third-order valence-corrected chi connectivity index (χ3v) is 3.40. The van der Waals surface area contributed by atoms with Gasteiger partial charge in [-0.25, -0.2) is 4.79 Å². The summed E-state index contributed by atoms with van der Waals surface area (Å²) in [5.41, 5.74) is 0. The molecule has 2 amide bonds. The third-order valence-electron chi connectivity index (χ3n) is 3.40. The minimum Gasteiger partial charge on any atom is -0.442 e. The molecule has 1 N–H and O–H groups in total. The number of nitrogens with one attached hydrogen (secondary N) is 1. The number of hydrogen-bond acceptors (Lipinski definition) is 4. The SMILES string of the molecule is Cn1nccc1N1CC(CNC(=O)C2CC2)OC1=O. The zero-order chi connectivity index (χ0) is 13.4. The summed E-state index contributed by atoms with van der Waals surface area (Å²) in [5, 5.41) is 6.85. The minimum atomic E-state index is -0.394. The maximum atomic E-state index is 11.8. The van der Waals surface area contributed by atoms with Crippen molar-refractivity contribution in [3.05, 3.63) is 12.3 Å². The lowest BCUT2D eigenvalue weighted by molar-refractivity contribution is -0.122. The van der Waals surface area contributed by atoms with E-state index in [0.717, 1.165) is 12.8 Å². The molecule has 102 valence electrons. The molecule has 7 nitrogen and oxygen atoms in total. The zero-order valence-electron chi connectivity index (χ0n) is 10.7. The van der Waals surface area contributed by atoms with Crippen LogP contribution in [0.25, 0.3) is 0 Å². The summed E-state index contributed by atoms with van der Waals surface area (Å²) in [7, 11) is 1.77. The van der Waals surface area contributed by atoms with Crippen molar-refractivity contribution >= 4 is 17.8 Å². The summed E-state index contributed by atoms with van der Waals surface area (Å²) in [6, 6.07) is 1.76. The molecule has 0 aromatic carbocycles. The number of amides is 2. The molecular formula is C12H16N4O3. The van der Waals surface area contributed by atoms with Gasteiger partial charge >= 0.3 is 6.09 Å². The van der Waals surface area contributed by atoms with Gasteiger partial charge in [-0.3, -0.25) is 14.4 Å². The Morgan fingerprint density at radius 1 is 1.58 bits per heavy atom. The monoisotopic (exact) mass is 264 g/mol. The summed E-state index contributed by atoms with van der Waals surface area (Å²) < 4.78 is 6.85. The number of ether oxygens (including phenoxy) is 1. The molecule has 2 fully saturated rings. The number of hydrogen-bond donors (Lipinski definition) is 1. The van der Waals surface area contributed by atoms with Crippen LogP contribution in [0.4, 0.5) is 10.6 Å². The first-order valence-electron chi connectivity index (χ1n) is 6.39. The van der Waals surface area contributed by atoms with Crippen molar-refractivity contribution < 1.29 is 14.3 Å². The highest BCUT2D eigenvalue weighted by Crippen LogP contribution is 2.28. The highest BCUT2D eigenvalue weighted by Gasteiger charge is 2.35. The van der Waals surface area contributed by atoms with Gasteiger partial charge in [0.15, 0.2) is 0 Å². The van der Waals surface area contributed by atoms with Crippen LogP contribution in [0, 0.1) is 5.92 Å². The van der Waals surface area contributed by atoms with E-state index in [-0.39, 0.29) is 17.9 Å². The van der Waals surface area contributed by atoms with Crippen LogP contribution in [0.3, 0.4) is 0 Å². The molecule has 1 aromatic heterocycles. The zero-order valence-corrected chi connectivity index (χ0v) is 10.7. The van der Waals surface area contributed by atoms with Gasteiger partial charge in [-0.05, 0) is 12.8 Å². The molecule has 7 heteroatoms. The topological polar surface area (TPSA) is 76.5 Å². The van der Waals surface area contributed by atoms with Crippen LogP contribution in [0.1, 0.15) is 12.8 Å². The molecule has 0 radical (unpaired) electrons. The maximum absolute atomic E-state index is 11.8. The van der Waals surface area contributed by atoms with Gasteiger partial charge in [-0.2, -0.15) is 5.10 Å². The number of anilines is 1. The fraction of sp³-hybridized carbons (Fsp3) is 0.583. The van der Waals surface area contributed by atoms with Crippen molar-refractivity contribution in [3.8, 4) is 0 Å². The summed E-state index contributed by atoms with van der Waals surface area (Å²) in [4.78, 5) is 24.8. The fourth-order valence-corrected chi connectivity index (χ4v) is 2.15. The smallest absolute Gasteiger partial charge is 0.416 e. The molecule has 1 atom stereocenters. The van der Waals surface area contributed by atoms with Crippen molar-refractivity contribution in [2.24, 2.45) is 13.0 Å². The van der Waals surface area contributed by atoms with Gasteiger partial charge in [0.25, 0.3) is 0 Å². The number of carbonyl (C=O) groups is 2. The quantitative estimate of drug-likeness (QED) is 0.847. The molecule has 1 aliphatic carbocycles. The Labute approximate surface area is 110 Å². The lowest BCUT2D eigenvalue weighted by Crippen LogP contribution is -2.35. The van der Waals surface area contributed by atoms with E-state index >= 15 is 0 Å². The van der Waals surface area contributed by atoms with E-state index in [9.17, 15) is 9.59 Å². The largest absolute Gasteiger partial charge is 0.442 e. The second-order valence-electron chi connectivity index (χ2n) is 4.95. The first kappa shape index (κ1) is 12.0. The van der Waals surface area contributed by atoms with Crippen molar-refractivity contribution in [1.29, 1.82) is 0 Å². The highest BCUT2D eigenvalue weighted by atomic mass is 16.6. The van der Waals surface area contributed by atoms with E-state index < -0.39 is 6.09 Å². The first-order chi connectivity index (χ1) is 9.15. The lowest BCUT2D eigenvalue weighted by Gasteiger charge is -2.12. The molecule has 1 aliphatic heterocycles. The van der Waals surface area contributed by atoms with Crippen LogP contribution in [0.2, 0.25) is 0 Å². The van der Waals surface area contributed by atoms with Crippen LogP contribution in [-0.4, -0.2) is 41.0 Å². The molecule has 0 spiro atoms. The predicted molar refractivity (Wildman–Crippen MR) is 66.6 cm³/mol. The summed E-state index contributed by atoms with van der Waals surface area (Å²) in [5.74, 6) is 0.932. The Balaban J connectivity index is 1.57. The van der Waals surface area contributed by atoms with Gasteiger partial charge in [-0.15, -0.1) is 0 Å². The second-order valence-corrected chi connectivity index (χ2v) is 4.95. The van der Waals surface area contributed by atoms with E-state index in [4.69, 9.17) is 4.74 Å². The number of nitrogens with zero attached hydrogens (tertiary/aromatic N) is 3. The molecular weight excluding hydrogens is 248 g/mol. The molecule has 2 aliphatic rings. The Bertz CT molecular complexity index is 509. The van der Waals surface area contributed by atoms with E-state index in [1.807, 2.05) is 0 Å². The van der Waals surface area contributed by atoms with Crippen LogP contribution in [0.5, 0.6) is 0 Å². The molecule has 1 saturated heterocycles. The molecule has 3 rings (SSSR count). The van der Waals surface area contributed by atoms with Crippen molar-refractivity contribution in [3.63, 3.8) is 0 Å². The minimum absolute atomic E-state index is 0.0648. The molecule has 1 aromatic rings. The van der Waals surface area contributed by atoms with Crippen LogP contribution < -0.4 is 10.2 Å². The second kappa shape index (κ2) is 4.56. The molecule has 1 unspecified atom stereocenters. The Morgan fingerprint density at radius 2 is 2.37 bits per heavy atom. The molecule has 1 saturated carbocycles. The van der Waals surface area contributed by atoms with Gasteiger partial charge in [0.1, 0.15) is 11.9 Å². The van der Waals surface area contributed by atoms with Crippen molar-refractivity contribution in [2.45, 2.75) is 18.9 Å². The Kier molecular flexibility index (Phi) is 2.88. The normalized spacial score (nSPS) is 22.5. The number of aryl methyl sites for hydroxylation is 1. The average Bonchev–Trinajstić information content (AvgIpc) is 3.06.